The van der Waals surface area contributed by atoms with Crippen molar-refractivity contribution in [3.8, 4) is 0 Å². The van der Waals surface area contributed by atoms with Crippen molar-refractivity contribution < 1.29 is 14.4 Å². The highest BCUT2D eigenvalue weighted by atomic mass is 16.2. The Balaban J connectivity index is 1.20. The SMILES string of the molecule is NC(=O)C1CCCN(c2ccc(NC(=O)C3CC(=O)N(c4ccc5c(c4)CCC5)C3)cn2)C1. The van der Waals surface area contributed by atoms with E-state index in [0.717, 1.165) is 50.2 Å². The van der Waals surface area contributed by atoms with E-state index in [-0.39, 0.29) is 30.1 Å². The van der Waals surface area contributed by atoms with Gasteiger partial charge in [0.1, 0.15) is 5.82 Å². The number of nitrogens with one attached hydrogen (secondary N) is 1. The van der Waals surface area contributed by atoms with Crippen molar-refractivity contribution in [1.29, 1.82) is 0 Å². The third kappa shape index (κ3) is 4.42. The largest absolute Gasteiger partial charge is 0.369 e. The van der Waals surface area contributed by atoms with Crippen molar-refractivity contribution in [3.63, 3.8) is 0 Å². The summed E-state index contributed by atoms with van der Waals surface area (Å²) in [5.41, 5.74) is 9.63. The minimum absolute atomic E-state index is 0.0179. The van der Waals surface area contributed by atoms with Gasteiger partial charge in [0.25, 0.3) is 0 Å². The molecule has 1 aliphatic carbocycles. The molecule has 0 spiro atoms. The number of rotatable bonds is 5. The van der Waals surface area contributed by atoms with Crippen molar-refractivity contribution in [2.24, 2.45) is 17.6 Å². The van der Waals surface area contributed by atoms with Crippen molar-refractivity contribution in [3.05, 3.63) is 47.7 Å². The van der Waals surface area contributed by atoms with Gasteiger partial charge in [-0.25, -0.2) is 4.98 Å². The van der Waals surface area contributed by atoms with Crippen LogP contribution in [0.25, 0.3) is 0 Å². The molecule has 5 rings (SSSR count). The van der Waals surface area contributed by atoms with E-state index in [1.54, 1.807) is 11.1 Å². The molecule has 1 aromatic heterocycles. The van der Waals surface area contributed by atoms with Crippen LogP contribution in [0.4, 0.5) is 17.2 Å². The Morgan fingerprint density at radius 3 is 2.67 bits per heavy atom. The molecule has 2 unspecified atom stereocenters. The first-order valence-electron chi connectivity index (χ1n) is 11.7. The number of benzene rings is 1. The Hall–Kier alpha value is -3.42. The number of hydrogen-bond donors (Lipinski definition) is 2. The van der Waals surface area contributed by atoms with E-state index < -0.39 is 5.92 Å². The Bertz CT molecular complexity index is 1080. The summed E-state index contributed by atoms with van der Waals surface area (Å²) < 4.78 is 0. The number of aryl methyl sites for hydroxylation is 2. The number of amides is 3. The summed E-state index contributed by atoms with van der Waals surface area (Å²) in [4.78, 5) is 45.3. The van der Waals surface area contributed by atoms with Gasteiger partial charge in [0, 0.05) is 31.7 Å². The summed E-state index contributed by atoms with van der Waals surface area (Å²) in [6, 6.07) is 9.86. The van der Waals surface area contributed by atoms with Crippen LogP contribution in [0.1, 0.15) is 36.8 Å². The number of primary amides is 1. The van der Waals surface area contributed by atoms with Crippen LogP contribution >= 0.6 is 0 Å². The zero-order chi connectivity index (χ0) is 22.9. The number of aromatic nitrogens is 1. The van der Waals surface area contributed by atoms with E-state index in [1.807, 2.05) is 18.2 Å². The molecule has 3 amide bonds. The number of carbonyl (C=O) groups excluding carboxylic acids is 3. The third-order valence-corrected chi connectivity index (χ3v) is 7.05. The van der Waals surface area contributed by atoms with Crippen molar-refractivity contribution in [2.75, 3.05) is 34.8 Å². The monoisotopic (exact) mass is 447 g/mol. The molecule has 3 N–H and O–H groups in total. The second kappa shape index (κ2) is 8.84. The Kier molecular flexibility index (Phi) is 5.74. The van der Waals surface area contributed by atoms with Crippen LogP contribution in [0.5, 0.6) is 0 Å². The van der Waals surface area contributed by atoms with E-state index in [1.165, 1.54) is 11.1 Å². The lowest BCUT2D eigenvalue weighted by atomic mass is 9.97. The number of anilines is 3. The zero-order valence-corrected chi connectivity index (χ0v) is 18.6. The Morgan fingerprint density at radius 2 is 1.88 bits per heavy atom. The van der Waals surface area contributed by atoms with Crippen molar-refractivity contribution >= 4 is 34.9 Å². The Labute approximate surface area is 193 Å². The molecule has 0 saturated carbocycles. The minimum atomic E-state index is -0.399. The summed E-state index contributed by atoms with van der Waals surface area (Å²) >= 11 is 0. The highest BCUT2D eigenvalue weighted by Crippen LogP contribution is 2.31. The maximum atomic E-state index is 12.8. The van der Waals surface area contributed by atoms with Gasteiger partial charge in [0.15, 0.2) is 0 Å². The van der Waals surface area contributed by atoms with Crippen LogP contribution in [-0.4, -0.2) is 42.3 Å². The normalized spacial score (nSPS) is 22.4. The summed E-state index contributed by atoms with van der Waals surface area (Å²) in [5, 5.41) is 2.90. The maximum absolute atomic E-state index is 12.8. The molecule has 172 valence electrons. The van der Waals surface area contributed by atoms with Gasteiger partial charge >= 0.3 is 0 Å². The number of piperidine rings is 1. The Morgan fingerprint density at radius 1 is 1.03 bits per heavy atom. The van der Waals surface area contributed by atoms with E-state index in [4.69, 9.17) is 5.73 Å². The topological polar surface area (TPSA) is 109 Å². The first-order chi connectivity index (χ1) is 16.0. The van der Waals surface area contributed by atoms with Crippen molar-refractivity contribution in [1.82, 2.24) is 4.98 Å². The second-order valence-electron chi connectivity index (χ2n) is 9.29. The summed E-state index contributed by atoms with van der Waals surface area (Å²) in [6.45, 7) is 1.78. The number of pyridine rings is 1. The van der Waals surface area contributed by atoms with Gasteiger partial charge in [-0.05, 0) is 67.5 Å². The minimum Gasteiger partial charge on any atom is -0.369 e. The average Bonchev–Trinajstić information content (AvgIpc) is 3.45. The molecule has 2 atom stereocenters. The van der Waals surface area contributed by atoms with E-state index in [0.29, 0.717) is 18.8 Å². The first kappa shape index (κ1) is 21.4. The predicted octanol–water partition coefficient (Wildman–Crippen LogP) is 2.26. The number of nitrogens with two attached hydrogens (primary N) is 1. The average molecular weight is 448 g/mol. The first-order valence-corrected chi connectivity index (χ1v) is 11.7. The fourth-order valence-corrected chi connectivity index (χ4v) is 5.17. The van der Waals surface area contributed by atoms with Crippen LogP contribution in [0.15, 0.2) is 36.5 Å². The molecule has 1 aromatic carbocycles. The van der Waals surface area contributed by atoms with Gasteiger partial charge in [0.05, 0.1) is 23.7 Å². The molecule has 3 heterocycles. The summed E-state index contributed by atoms with van der Waals surface area (Å²) in [6.07, 6.45) is 6.84. The quantitative estimate of drug-likeness (QED) is 0.731. The van der Waals surface area contributed by atoms with Gasteiger partial charge in [-0.3, -0.25) is 14.4 Å². The second-order valence-corrected chi connectivity index (χ2v) is 9.29. The summed E-state index contributed by atoms with van der Waals surface area (Å²) in [5.74, 6) is -0.261. The lowest BCUT2D eigenvalue weighted by Crippen LogP contribution is -2.41. The molecule has 3 aliphatic rings. The fourth-order valence-electron chi connectivity index (χ4n) is 5.17. The van der Waals surface area contributed by atoms with E-state index in [2.05, 4.69) is 27.3 Å². The molecule has 33 heavy (non-hydrogen) atoms. The lowest BCUT2D eigenvalue weighted by molar-refractivity contribution is -0.122. The number of nitrogens with zero attached hydrogens (tertiary/aromatic N) is 3. The molecule has 2 aliphatic heterocycles. The smallest absolute Gasteiger partial charge is 0.229 e. The molecular weight excluding hydrogens is 418 g/mol. The molecule has 2 saturated heterocycles. The van der Waals surface area contributed by atoms with Gasteiger partial charge in [-0.1, -0.05) is 6.07 Å². The lowest BCUT2D eigenvalue weighted by Gasteiger charge is -2.32. The molecular formula is C25H29N5O3. The third-order valence-electron chi connectivity index (χ3n) is 7.05. The van der Waals surface area contributed by atoms with Crippen LogP contribution in [-0.2, 0) is 27.2 Å². The molecule has 0 bridgehead atoms. The molecule has 2 aromatic rings. The molecule has 0 radical (unpaired) electrons. The number of carbonyl (C=O) groups is 3. The maximum Gasteiger partial charge on any atom is 0.229 e. The van der Waals surface area contributed by atoms with Crippen LogP contribution in [0.2, 0.25) is 0 Å². The molecule has 8 nitrogen and oxygen atoms in total. The van der Waals surface area contributed by atoms with Gasteiger partial charge < -0.3 is 20.9 Å². The van der Waals surface area contributed by atoms with Gasteiger partial charge in [-0.2, -0.15) is 0 Å². The van der Waals surface area contributed by atoms with Crippen LogP contribution < -0.4 is 20.9 Å². The van der Waals surface area contributed by atoms with Crippen LogP contribution in [0.3, 0.4) is 0 Å². The molecule has 2 fully saturated rings. The molecule has 8 heteroatoms. The van der Waals surface area contributed by atoms with E-state index >= 15 is 0 Å². The number of fused-ring (bicyclic) bond motifs is 1. The zero-order valence-electron chi connectivity index (χ0n) is 18.6. The van der Waals surface area contributed by atoms with Gasteiger partial charge in [0.2, 0.25) is 17.7 Å². The fraction of sp³-hybridized carbons (Fsp3) is 0.440. The van der Waals surface area contributed by atoms with Gasteiger partial charge in [-0.15, -0.1) is 0 Å². The standard InChI is InChI=1S/C25H29N5O3/c26-24(32)18-5-2-10-29(14-18)22-9-7-20(13-27-22)28-25(33)19-12-23(31)30(15-19)21-8-6-16-3-1-4-17(16)11-21/h6-9,11,13,18-19H,1-5,10,12,14-15H2,(H2,26,32)(H,28,33). The van der Waals surface area contributed by atoms with E-state index in [9.17, 15) is 14.4 Å². The summed E-state index contributed by atoms with van der Waals surface area (Å²) in [7, 11) is 0. The highest BCUT2D eigenvalue weighted by molar-refractivity contribution is 6.03. The van der Waals surface area contributed by atoms with Crippen LogP contribution in [0, 0.1) is 11.8 Å². The predicted molar refractivity (Wildman–Crippen MR) is 126 cm³/mol. The van der Waals surface area contributed by atoms with Crippen molar-refractivity contribution in [2.45, 2.75) is 38.5 Å². The highest BCUT2D eigenvalue weighted by Gasteiger charge is 2.35. The number of hydrogen-bond acceptors (Lipinski definition) is 5.